The van der Waals surface area contributed by atoms with Gasteiger partial charge in [-0.1, -0.05) is 20.8 Å². The van der Waals surface area contributed by atoms with Crippen LogP contribution in [0.1, 0.15) is 32.2 Å². The van der Waals surface area contributed by atoms with Crippen molar-refractivity contribution in [2.75, 3.05) is 46.9 Å². The Bertz CT molecular complexity index is 436. The molecule has 1 fully saturated rings. The van der Waals surface area contributed by atoms with Gasteiger partial charge in [0.1, 0.15) is 0 Å². The zero-order chi connectivity index (χ0) is 15.5. The van der Waals surface area contributed by atoms with E-state index in [9.17, 15) is 0 Å². The molecule has 0 amide bonds. The van der Waals surface area contributed by atoms with Gasteiger partial charge in [0, 0.05) is 43.2 Å². The highest BCUT2D eigenvalue weighted by atomic mass is 16.5. The van der Waals surface area contributed by atoms with E-state index in [1.165, 1.54) is 5.69 Å². The average Bonchev–Trinajstić information content (AvgIpc) is 2.71. The van der Waals surface area contributed by atoms with E-state index in [2.05, 4.69) is 60.9 Å². The van der Waals surface area contributed by atoms with E-state index in [-0.39, 0.29) is 5.41 Å². The van der Waals surface area contributed by atoms with Crippen LogP contribution in [0.4, 0.5) is 0 Å². The van der Waals surface area contributed by atoms with Gasteiger partial charge in [-0.05, 0) is 20.2 Å². The molecule has 0 saturated carbocycles. The predicted molar refractivity (Wildman–Crippen MR) is 85.4 cm³/mol. The molecule has 0 spiro atoms. The molecule has 0 bridgehead atoms. The van der Waals surface area contributed by atoms with Crippen molar-refractivity contribution in [3.63, 3.8) is 0 Å². The third-order valence-electron chi connectivity index (χ3n) is 3.84. The molecule has 0 aromatic carbocycles. The Kier molecular flexibility index (Phi) is 5.41. The molecule has 1 atom stereocenters. The normalized spacial score (nSPS) is 21.7. The van der Waals surface area contributed by atoms with E-state index in [0.717, 1.165) is 45.1 Å². The van der Waals surface area contributed by atoms with E-state index in [1.54, 1.807) is 0 Å². The smallest absolute Gasteiger partial charge is 0.0678 e. The number of aromatic nitrogens is 2. The number of ether oxygens (including phenoxy) is 1. The van der Waals surface area contributed by atoms with Crippen LogP contribution in [0.15, 0.2) is 6.07 Å². The van der Waals surface area contributed by atoms with E-state index in [4.69, 9.17) is 4.74 Å². The van der Waals surface area contributed by atoms with Crippen molar-refractivity contribution in [1.29, 1.82) is 0 Å². The summed E-state index contributed by atoms with van der Waals surface area (Å²) in [6, 6.07) is 2.20. The lowest BCUT2D eigenvalue weighted by Crippen LogP contribution is -2.34. The summed E-state index contributed by atoms with van der Waals surface area (Å²) in [5, 5.41) is 7.65. The number of nitrogens with zero attached hydrogens (tertiary/aromatic N) is 3. The second kappa shape index (κ2) is 6.90. The van der Waals surface area contributed by atoms with Crippen LogP contribution in [0.2, 0.25) is 0 Å². The third kappa shape index (κ3) is 5.09. The number of aromatic amines is 1. The van der Waals surface area contributed by atoms with E-state index in [1.807, 2.05) is 0 Å². The van der Waals surface area contributed by atoms with Crippen LogP contribution in [0.3, 0.4) is 0 Å². The summed E-state index contributed by atoms with van der Waals surface area (Å²) in [5.74, 6) is 0.576. The number of hydrogen-bond donors (Lipinski definition) is 1. The molecule has 2 rings (SSSR count). The minimum absolute atomic E-state index is 0.101. The van der Waals surface area contributed by atoms with Crippen LogP contribution in [-0.4, -0.2) is 66.9 Å². The van der Waals surface area contributed by atoms with Crippen molar-refractivity contribution >= 4 is 0 Å². The Balaban J connectivity index is 1.95. The lowest BCUT2D eigenvalue weighted by Gasteiger charge is -2.24. The Labute approximate surface area is 128 Å². The SMILES string of the molecule is CN(C)C[C@H]1COCCN(Cc2cc(C(C)(C)C)n[nH]2)C1. The van der Waals surface area contributed by atoms with Gasteiger partial charge in [0.2, 0.25) is 0 Å². The van der Waals surface area contributed by atoms with Crippen molar-refractivity contribution in [3.8, 4) is 0 Å². The summed E-state index contributed by atoms with van der Waals surface area (Å²) in [5.41, 5.74) is 2.43. The minimum Gasteiger partial charge on any atom is -0.380 e. The Hall–Kier alpha value is -0.910. The standard InChI is InChI=1S/C16H30N4O/c1-16(2,3)15-8-14(17-18-15)11-20-6-7-21-12-13(10-20)9-19(4)5/h8,13H,6-7,9-12H2,1-5H3,(H,17,18)/t13-/m1/s1. The third-order valence-corrected chi connectivity index (χ3v) is 3.84. The fraction of sp³-hybridized carbons (Fsp3) is 0.812. The van der Waals surface area contributed by atoms with Crippen molar-refractivity contribution < 1.29 is 4.74 Å². The molecular formula is C16H30N4O. The van der Waals surface area contributed by atoms with E-state index in [0.29, 0.717) is 5.92 Å². The minimum atomic E-state index is 0.101. The molecule has 5 nitrogen and oxygen atoms in total. The second-order valence-electron chi connectivity index (χ2n) is 7.47. The molecule has 1 aromatic heterocycles. The lowest BCUT2D eigenvalue weighted by molar-refractivity contribution is 0.112. The van der Waals surface area contributed by atoms with Crippen LogP contribution >= 0.6 is 0 Å². The van der Waals surface area contributed by atoms with Gasteiger partial charge in [0.25, 0.3) is 0 Å². The fourth-order valence-corrected chi connectivity index (χ4v) is 2.79. The van der Waals surface area contributed by atoms with Crippen LogP contribution in [0.5, 0.6) is 0 Å². The quantitative estimate of drug-likeness (QED) is 0.918. The van der Waals surface area contributed by atoms with Crippen LogP contribution in [-0.2, 0) is 16.7 Å². The molecule has 0 unspecified atom stereocenters. The summed E-state index contributed by atoms with van der Waals surface area (Å²) in [4.78, 5) is 4.71. The molecule has 1 aliphatic heterocycles. The molecule has 1 aromatic rings. The first kappa shape index (κ1) is 16.5. The summed E-state index contributed by atoms with van der Waals surface area (Å²) < 4.78 is 5.74. The lowest BCUT2D eigenvalue weighted by atomic mass is 9.92. The van der Waals surface area contributed by atoms with Gasteiger partial charge in [0.15, 0.2) is 0 Å². The summed E-state index contributed by atoms with van der Waals surface area (Å²) in [6.45, 7) is 12.4. The fourth-order valence-electron chi connectivity index (χ4n) is 2.79. The summed E-state index contributed by atoms with van der Waals surface area (Å²) in [7, 11) is 4.25. The van der Waals surface area contributed by atoms with Gasteiger partial charge >= 0.3 is 0 Å². The molecule has 5 heteroatoms. The topological polar surface area (TPSA) is 44.4 Å². The van der Waals surface area contributed by atoms with Crippen molar-refractivity contribution in [3.05, 3.63) is 17.5 Å². The first-order valence-corrected chi connectivity index (χ1v) is 7.84. The van der Waals surface area contributed by atoms with Crippen LogP contribution < -0.4 is 0 Å². The summed E-state index contributed by atoms with van der Waals surface area (Å²) >= 11 is 0. The largest absolute Gasteiger partial charge is 0.380 e. The van der Waals surface area contributed by atoms with Crippen LogP contribution in [0.25, 0.3) is 0 Å². The highest BCUT2D eigenvalue weighted by Crippen LogP contribution is 2.21. The van der Waals surface area contributed by atoms with Crippen molar-refractivity contribution in [1.82, 2.24) is 20.0 Å². The molecular weight excluding hydrogens is 264 g/mol. The monoisotopic (exact) mass is 294 g/mol. The zero-order valence-electron chi connectivity index (χ0n) is 14.1. The molecule has 1 aliphatic rings. The molecule has 21 heavy (non-hydrogen) atoms. The van der Waals surface area contributed by atoms with E-state index >= 15 is 0 Å². The van der Waals surface area contributed by atoms with Crippen LogP contribution in [0, 0.1) is 5.92 Å². The van der Waals surface area contributed by atoms with Gasteiger partial charge in [-0.25, -0.2) is 0 Å². The number of rotatable bonds is 4. The Morgan fingerprint density at radius 1 is 1.43 bits per heavy atom. The van der Waals surface area contributed by atoms with Gasteiger partial charge in [-0.15, -0.1) is 0 Å². The molecule has 0 aliphatic carbocycles. The van der Waals surface area contributed by atoms with Crippen molar-refractivity contribution in [2.45, 2.75) is 32.7 Å². The maximum Gasteiger partial charge on any atom is 0.0678 e. The maximum atomic E-state index is 5.74. The van der Waals surface area contributed by atoms with E-state index < -0.39 is 0 Å². The highest BCUT2D eigenvalue weighted by Gasteiger charge is 2.21. The maximum absolute atomic E-state index is 5.74. The predicted octanol–water partition coefficient (Wildman–Crippen LogP) is 1.72. The number of H-pyrrole nitrogens is 1. The Morgan fingerprint density at radius 3 is 2.81 bits per heavy atom. The number of nitrogens with one attached hydrogen (secondary N) is 1. The molecule has 1 N–H and O–H groups in total. The molecule has 0 radical (unpaired) electrons. The first-order chi connectivity index (χ1) is 9.84. The van der Waals surface area contributed by atoms with Gasteiger partial charge in [-0.2, -0.15) is 5.10 Å². The van der Waals surface area contributed by atoms with Crippen molar-refractivity contribution in [2.24, 2.45) is 5.92 Å². The molecule has 120 valence electrons. The van der Waals surface area contributed by atoms with Gasteiger partial charge in [0.05, 0.1) is 18.9 Å². The average molecular weight is 294 g/mol. The Morgan fingerprint density at radius 2 is 2.19 bits per heavy atom. The summed E-state index contributed by atoms with van der Waals surface area (Å²) in [6.07, 6.45) is 0. The zero-order valence-corrected chi connectivity index (χ0v) is 14.1. The molecule has 2 heterocycles. The first-order valence-electron chi connectivity index (χ1n) is 7.84. The highest BCUT2D eigenvalue weighted by molar-refractivity contribution is 5.16. The van der Waals surface area contributed by atoms with Gasteiger partial charge in [-0.3, -0.25) is 10.00 Å². The van der Waals surface area contributed by atoms with Gasteiger partial charge < -0.3 is 9.64 Å². The molecule has 1 saturated heterocycles. The number of hydrogen-bond acceptors (Lipinski definition) is 4. The second-order valence-corrected chi connectivity index (χ2v) is 7.47.